The van der Waals surface area contributed by atoms with E-state index >= 15 is 0 Å². The van der Waals surface area contributed by atoms with E-state index in [4.69, 9.17) is 0 Å². The van der Waals surface area contributed by atoms with Gasteiger partial charge in [-0.25, -0.2) is 19.4 Å². The van der Waals surface area contributed by atoms with Crippen molar-refractivity contribution in [3.63, 3.8) is 0 Å². The number of imide groups is 2. The van der Waals surface area contributed by atoms with E-state index in [1.165, 1.54) is 0 Å². The summed E-state index contributed by atoms with van der Waals surface area (Å²) in [4.78, 5) is 75.8. The Hall–Kier alpha value is -5.60. The molecule has 2 N–H and O–H groups in total. The third kappa shape index (κ3) is 4.23. The van der Waals surface area contributed by atoms with Gasteiger partial charge in [0.25, 0.3) is 23.6 Å². The zero-order valence-electron chi connectivity index (χ0n) is 19.9. The fourth-order valence-electron chi connectivity index (χ4n) is 4.30. The number of alkyl halides is 4. The van der Waals surface area contributed by atoms with Crippen LogP contribution in [0.1, 0.15) is 62.1 Å². The standard InChI is InChI=1S/C26H12F4N2O9/c27-25(28)26(29,30)41-18-6-3-12(31-19(33)13-4-1-10(23(37)38)7-15(13)21(31)35)9-17(18)32-20(34)14-5-2-11(24(39)40)8-16(14)22(32)36/h1-9,25H,(H,37,38)(H,39,40). The smallest absolute Gasteiger partial charge is 0.461 e. The first-order chi connectivity index (χ1) is 19.2. The molecule has 0 atom stereocenters. The third-order valence-corrected chi connectivity index (χ3v) is 6.21. The summed E-state index contributed by atoms with van der Waals surface area (Å²) in [6.07, 6.45) is -9.44. The maximum atomic E-state index is 13.9. The minimum Gasteiger partial charge on any atom is -0.478 e. The summed E-state index contributed by atoms with van der Waals surface area (Å²) in [5, 5.41) is 18.4. The first kappa shape index (κ1) is 27.0. The number of aromatic carboxylic acids is 2. The molecule has 0 saturated carbocycles. The van der Waals surface area contributed by atoms with E-state index in [9.17, 15) is 56.5 Å². The largest absolute Gasteiger partial charge is 0.478 e. The summed E-state index contributed by atoms with van der Waals surface area (Å²) in [5.74, 6) is -8.39. The van der Waals surface area contributed by atoms with E-state index < -0.39 is 76.4 Å². The zero-order chi connectivity index (χ0) is 30.0. The molecule has 2 heterocycles. The molecule has 0 spiro atoms. The number of carboxylic acids is 2. The highest BCUT2D eigenvalue weighted by Crippen LogP contribution is 2.42. The Labute approximate surface area is 224 Å². The van der Waals surface area contributed by atoms with Crippen molar-refractivity contribution in [2.75, 3.05) is 9.80 Å². The van der Waals surface area contributed by atoms with Gasteiger partial charge in [0, 0.05) is 0 Å². The number of rotatable bonds is 7. The summed E-state index contributed by atoms with van der Waals surface area (Å²) < 4.78 is 57.9. The molecule has 0 bridgehead atoms. The number of carbonyl (C=O) groups excluding carboxylic acids is 4. The Kier molecular flexibility index (Phi) is 6.09. The molecule has 3 aromatic carbocycles. The van der Waals surface area contributed by atoms with Crippen molar-refractivity contribution >= 4 is 46.9 Å². The second-order valence-electron chi connectivity index (χ2n) is 8.64. The summed E-state index contributed by atoms with van der Waals surface area (Å²) in [7, 11) is 0. The molecule has 0 aromatic heterocycles. The van der Waals surface area contributed by atoms with Crippen molar-refractivity contribution in [2.45, 2.75) is 12.5 Å². The van der Waals surface area contributed by atoms with Crippen LogP contribution in [0.25, 0.3) is 0 Å². The predicted molar refractivity (Wildman–Crippen MR) is 127 cm³/mol. The van der Waals surface area contributed by atoms with E-state index in [0.717, 1.165) is 48.5 Å². The lowest BCUT2D eigenvalue weighted by Gasteiger charge is -2.24. The van der Waals surface area contributed by atoms with E-state index in [-0.39, 0.29) is 27.2 Å². The SMILES string of the molecule is O=C(O)c1ccc2c(c1)C(=O)N(c1ccc(OC(F)(F)C(F)F)c(N3C(=O)c4ccc(C(=O)O)cc4C3=O)c1)C2=O. The van der Waals surface area contributed by atoms with Crippen LogP contribution in [0.15, 0.2) is 54.6 Å². The van der Waals surface area contributed by atoms with Crippen LogP contribution in [0.4, 0.5) is 28.9 Å². The van der Waals surface area contributed by atoms with Crippen molar-refractivity contribution in [1.29, 1.82) is 0 Å². The molecule has 41 heavy (non-hydrogen) atoms. The van der Waals surface area contributed by atoms with Crippen molar-refractivity contribution in [3.8, 4) is 5.75 Å². The topological polar surface area (TPSA) is 159 Å². The van der Waals surface area contributed by atoms with Gasteiger partial charge >= 0.3 is 24.5 Å². The van der Waals surface area contributed by atoms with Gasteiger partial charge in [-0.3, -0.25) is 19.2 Å². The first-order valence-corrected chi connectivity index (χ1v) is 11.2. The van der Waals surface area contributed by atoms with Gasteiger partial charge in [-0.2, -0.15) is 17.6 Å². The second-order valence-corrected chi connectivity index (χ2v) is 8.64. The Morgan fingerprint density at radius 2 is 1.15 bits per heavy atom. The number of benzene rings is 3. The molecule has 4 amide bonds. The Balaban J connectivity index is 1.64. The van der Waals surface area contributed by atoms with Crippen LogP contribution >= 0.6 is 0 Å². The van der Waals surface area contributed by atoms with Crippen LogP contribution in [-0.2, 0) is 0 Å². The molecule has 0 aliphatic carbocycles. The number of ether oxygens (including phenoxy) is 1. The van der Waals surface area contributed by atoms with Gasteiger partial charge in [0.15, 0.2) is 5.75 Å². The Morgan fingerprint density at radius 1 is 0.683 bits per heavy atom. The van der Waals surface area contributed by atoms with Crippen molar-refractivity contribution in [2.24, 2.45) is 0 Å². The number of hydrogen-bond donors (Lipinski definition) is 2. The fourth-order valence-corrected chi connectivity index (χ4v) is 4.30. The van der Waals surface area contributed by atoms with Crippen LogP contribution in [0.3, 0.4) is 0 Å². The number of amides is 4. The third-order valence-electron chi connectivity index (χ3n) is 6.21. The molecule has 0 fully saturated rings. The maximum Gasteiger partial charge on any atom is 0.461 e. The number of carboxylic acid groups (broad SMARTS) is 2. The van der Waals surface area contributed by atoms with Crippen molar-refractivity contribution in [3.05, 3.63) is 88.0 Å². The maximum absolute atomic E-state index is 13.9. The number of hydrogen-bond acceptors (Lipinski definition) is 7. The number of fused-ring (bicyclic) bond motifs is 2. The molecule has 2 aliphatic heterocycles. The van der Waals surface area contributed by atoms with Gasteiger partial charge in [-0.05, 0) is 54.6 Å². The summed E-state index contributed by atoms with van der Waals surface area (Å²) in [5.41, 5.74) is -3.33. The number of nitrogens with zero attached hydrogens (tertiary/aromatic N) is 2. The summed E-state index contributed by atoms with van der Waals surface area (Å²) >= 11 is 0. The average Bonchev–Trinajstić information content (AvgIpc) is 3.32. The highest BCUT2D eigenvalue weighted by molar-refractivity contribution is 6.37. The van der Waals surface area contributed by atoms with Crippen LogP contribution in [0, 0.1) is 0 Å². The average molecular weight is 572 g/mol. The highest BCUT2D eigenvalue weighted by Gasteiger charge is 2.47. The highest BCUT2D eigenvalue weighted by atomic mass is 19.3. The van der Waals surface area contributed by atoms with E-state index in [2.05, 4.69) is 4.74 Å². The van der Waals surface area contributed by atoms with Crippen LogP contribution in [0.2, 0.25) is 0 Å². The van der Waals surface area contributed by atoms with Gasteiger partial charge in [0.1, 0.15) is 0 Å². The van der Waals surface area contributed by atoms with Gasteiger partial charge in [0.05, 0.1) is 44.8 Å². The molecular formula is C26H12F4N2O9. The minimum absolute atomic E-state index is 0.215. The monoisotopic (exact) mass is 572 g/mol. The van der Waals surface area contributed by atoms with Crippen LogP contribution in [0.5, 0.6) is 5.75 Å². The molecular weight excluding hydrogens is 560 g/mol. The van der Waals surface area contributed by atoms with E-state index in [0.29, 0.717) is 11.0 Å². The quantitative estimate of drug-likeness (QED) is 0.316. The molecule has 11 nitrogen and oxygen atoms in total. The number of halogens is 4. The number of carbonyl (C=O) groups is 6. The molecule has 0 unspecified atom stereocenters. The molecule has 2 aliphatic rings. The normalized spacial score (nSPS) is 14.6. The molecule has 3 aromatic rings. The lowest BCUT2D eigenvalue weighted by atomic mass is 10.1. The zero-order valence-corrected chi connectivity index (χ0v) is 19.9. The molecule has 0 saturated heterocycles. The van der Waals surface area contributed by atoms with Crippen LogP contribution in [-0.4, -0.2) is 58.3 Å². The van der Waals surface area contributed by atoms with Gasteiger partial charge in [-0.15, -0.1) is 0 Å². The van der Waals surface area contributed by atoms with E-state index in [1.807, 2.05) is 0 Å². The minimum atomic E-state index is -5.10. The van der Waals surface area contributed by atoms with E-state index in [1.54, 1.807) is 0 Å². The van der Waals surface area contributed by atoms with Gasteiger partial charge in [0.2, 0.25) is 0 Å². The summed E-state index contributed by atoms with van der Waals surface area (Å²) in [6, 6.07) is 8.10. The Bertz CT molecular complexity index is 1740. The summed E-state index contributed by atoms with van der Waals surface area (Å²) in [6.45, 7) is 0. The second kappa shape index (κ2) is 9.25. The van der Waals surface area contributed by atoms with Gasteiger partial charge in [-0.1, -0.05) is 0 Å². The predicted octanol–water partition coefficient (Wildman–Crippen LogP) is 3.92. The van der Waals surface area contributed by atoms with Crippen molar-refractivity contribution in [1.82, 2.24) is 0 Å². The molecule has 208 valence electrons. The fraction of sp³-hybridized carbons (Fsp3) is 0.0769. The Morgan fingerprint density at radius 3 is 1.63 bits per heavy atom. The lowest BCUT2D eigenvalue weighted by molar-refractivity contribution is -0.252. The molecule has 0 radical (unpaired) electrons. The number of anilines is 2. The van der Waals surface area contributed by atoms with Crippen molar-refractivity contribution < 1.29 is 61.3 Å². The molecule has 5 rings (SSSR count). The molecule has 15 heteroatoms. The van der Waals surface area contributed by atoms with Crippen LogP contribution < -0.4 is 14.5 Å². The lowest BCUT2D eigenvalue weighted by Crippen LogP contribution is -2.36. The van der Waals surface area contributed by atoms with Gasteiger partial charge < -0.3 is 14.9 Å². The first-order valence-electron chi connectivity index (χ1n) is 11.2.